The zero-order valence-corrected chi connectivity index (χ0v) is 12.5. The van der Waals surface area contributed by atoms with Gasteiger partial charge in [-0.3, -0.25) is 13.9 Å². The Hall–Kier alpha value is -2.83. The van der Waals surface area contributed by atoms with Gasteiger partial charge in [0.25, 0.3) is 5.56 Å². The van der Waals surface area contributed by atoms with Crippen LogP contribution in [0.15, 0.2) is 51.1 Å². The van der Waals surface area contributed by atoms with Gasteiger partial charge in [0.2, 0.25) is 0 Å². The van der Waals surface area contributed by atoms with Gasteiger partial charge in [0.15, 0.2) is 6.61 Å². The highest BCUT2D eigenvalue weighted by Crippen LogP contribution is 2.00. The molecule has 0 spiro atoms. The van der Waals surface area contributed by atoms with Crippen LogP contribution in [0.25, 0.3) is 0 Å². The molecule has 0 aliphatic carbocycles. The fraction of sp³-hybridized carbons (Fsp3) is 0.267. The Kier molecular flexibility index (Phi) is 4.77. The first-order valence-electron chi connectivity index (χ1n) is 6.73. The van der Waals surface area contributed by atoms with Crippen molar-refractivity contribution in [1.82, 2.24) is 9.13 Å². The lowest BCUT2D eigenvalue weighted by Crippen LogP contribution is -2.38. The molecule has 0 atom stereocenters. The number of amidine groups is 1. The van der Waals surface area contributed by atoms with Gasteiger partial charge in [-0.25, -0.2) is 4.79 Å². The van der Waals surface area contributed by atoms with Gasteiger partial charge < -0.3 is 10.6 Å². The lowest BCUT2D eigenvalue weighted by molar-refractivity contribution is 0.123. The molecular formula is C15H18N4O3. The third-order valence-electron chi connectivity index (χ3n) is 3.25. The maximum atomic E-state index is 11.8. The van der Waals surface area contributed by atoms with Crippen molar-refractivity contribution < 1.29 is 4.84 Å². The van der Waals surface area contributed by atoms with E-state index in [4.69, 9.17) is 10.6 Å². The number of rotatable bonds is 5. The number of aromatic nitrogens is 2. The van der Waals surface area contributed by atoms with Crippen LogP contribution in [0.4, 0.5) is 0 Å². The molecule has 0 aliphatic heterocycles. The van der Waals surface area contributed by atoms with Crippen LogP contribution in [-0.2, 0) is 32.0 Å². The van der Waals surface area contributed by atoms with Gasteiger partial charge in [-0.1, -0.05) is 35.5 Å². The fourth-order valence-corrected chi connectivity index (χ4v) is 1.94. The molecule has 0 radical (unpaired) electrons. The number of nitrogens with zero attached hydrogens (tertiary/aromatic N) is 3. The van der Waals surface area contributed by atoms with Crippen molar-refractivity contribution in [3.8, 4) is 0 Å². The number of hydrogen-bond acceptors (Lipinski definition) is 4. The summed E-state index contributed by atoms with van der Waals surface area (Å²) in [5.74, 6) is 0.319. The van der Waals surface area contributed by atoms with Crippen molar-refractivity contribution in [3.05, 3.63) is 68.5 Å². The van der Waals surface area contributed by atoms with Crippen molar-refractivity contribution in [2.75, 3.05) is 0 Å². The molecule has 7 heteroatoms. The molecule has 0 saturated heterocycles. The Labute approximate surface area is 127 Å². The monoisotopic (exact) mass is 302 g/mol. The second-order valence-electron chi connectivity index (χ2n) is 4.89. The molecule has 116 valence electrons. The Morgan fingerprint density at radius 2 is 1.86 bits per heavy atom. The van der Waals surface area contributed by atoms with Gasteiger partial charge in [0.05, 0.1) is 5.69 Å². The maximum Gasteiger partial charge on any atom is 0.330 e. The van der Waals surface area contributed by atoms with Crippen LogP contribution in [0, 0.1) is 0 Å². The normalized spacial score (nSPS) is 11.5. The van der Waals surface area contributed by atoms with E-state index in [2.05, 4.69) is 5.16 Å². The van der Waals surface area contributed by atoms with Crippen LogP contribution in [0.1, 0.15) is 11.3 Å². The highest BCUT2D eigenvalue weighted by Gasteiger charge is 2.06. The molecule has 2 N–H and O–H groups in total. The van der Waals surface area contributed by atoms with Crippen LogP contribution in [-0.4, -0.2) is 15.0 Å². The summed E-state index contributed by atoms with van der Waals surface area (Å²) in [5.41, 5.74) is 6.44. The Morgan fingerprint density at radius 1 is 1.18 bits per heavy atom. The van der Waals surface area contributed by atoms with E-state index < -0.39 is 5.69 Å². The molecule has 22 heavy (non-hydrogen) atoms. The smallest absolute Gasteiger partial charge is 0.330 e. The summed E-state index contributed by atoms with van der Waals surface area (Å²) < 4.78 is 2.36. The first-order chi connectivity index (χ1) is 10.5. The minimum absolute atomic E-state index is 0.00267. The van der Waals surface area contributed by atoms with Crippen LogP contribution in [0.3, 0.4) is 0 Å². The highest BCUT2D eigenvalue weighted by atomic mass is 16.6. The minimum atomic E-state index is -0.410. The second kappa shape index (κ2) is 6.75. The standard InChI is InChI=1S/C15H18N4O3/c1-18-12(9-14(20)19(2)15(18)21)10-22-17-13(16)8-11-6-4-3-5-7-11/h3-7,9H,8,10H2,1-2H3,(H2,16,17). The molecule has 0 aliphatic rings. The molecule has 0 bridgehead atoms. The van der Waals surface area contributed by atoms with Crippen molar-refractivity contribution in [2.24, 2.45) is 25.0 Å². The molecular weight excluding hydrogens is 284 g/mol. The van der Waals surface area contributed by atoms with Crippen molar-refractivity contribution in [2.45, 2.75) is 13.0 Å². The Morgan fingerprint density at radius 3 is 2.55 bits per heavy atom. The topological polar surface area (TPSA) is 91.6 Å². The molecule has 7 nitrogen and oxygen atoms in total. The Bertz CT molecular complexity index is 791. The zero-order valence-electron chi connectivity index (χ0n) is 12.5. The second-order valence-corrected chi connectivity index (χ2v) is 4.89. The first kappa shape index (κ1) is 15.6. The van der Waals surface area contributed by atoms with Crippen LogP contribution < -0.4 is 17.0 Å². The summed E-state index contributed by atoms with van der Waals surface area (Å²) in [6, 6.07) is 11.0. The largest absolute Gasteiger partial charge is 0.388 e. The van der Waals surface area contributed by atoms with Gasteiger partial charge in [-0.15, -0.1) is 0 Å². The van der Waals surface area contributed by atoms with Gasteiger partial charge >= 0.3 is 5.69 Å². The molecule has 0 amide bonds. The Balaban J connectivity index is 2.03. The third kappa shape index (κ3) is 3.63. The van der Waals surface area contributed by atoms with Crippen LogP contribution in [0.5, 0.6) is 0 Å². The SMILES string of the molecule is Cn1c(CO/N=C(/N)Cc2ccccc2)cc(=O)n(C)c1=O. The van der Waals surface area contributed by atoms with E-state index in [1.54, 1.807) is 7.05 Å². The summed E-state index contributed by atoms with van der Waals surface area (Å²) in [7, 11) is 2.99. The van der Waals surface area contributed by atoms with E-state index in [1.165, 1.54) is 17.7 Å². The molecule has 0 fully saturated rings. The highest BCUT2D eigenvalue weighted by molar-refractivity contribution is 5.82. The van der Waals surface area contributed by atoms with E-state index in [0.29, 0.717) is 18.0 Å². The van der Waals surface area contributed by atoms with Crippen LogP contribution >= 0.6 is 0 Å². The molecule has 2 aromatic rings. The van der Waals surface area contributed by atoms with Crippen molar-refractivity contribution >= 4 is 5.84 Å². The van der Waals surface area contributed by atoms with E-state index in [-0.39, 0.29) is 12.2 Å². The molecule has 1 aromatic carbocycles. The molecule has 1 aromatic heterocycles. The predicted octanol–water partition coefficient (Wildman–Crippen LogP) is 0.116. The van der Waals surface area contributed by atoms with E-state index in [0.717, 1.165) is 10.1 Å². The van der Waals surface area contributed by atoms with Crippen molar-refractivity contribution in [1.29, 1.82) is 0 Å². The van der Waals surface area contributed by atoms with E-state index in [9.17, 15) is 9.59 Å². The number of nitrogens with two attached hydrogens (primary N) is 1. The first-order valence-corrected chi connectivity index (χ1v) is 6.73. The molecule has 1 heterocycles. The molecule has 2 rings (SSSR count). The summed E-state index contributed by atoms with van der Waals surface area (Å²) in [4.78, 5) is 28.5. The van der Waals surface area contributed by atoms with E-state index in [1.807, 2.05) is 30.3 Å². The number of oxime groups is 1. The minimum Gasteiger partial charge on any atom is -0.388 e. The van der Waals surface area contributed by atoms with Gasteiger partial charge in [-0.05, 0) is 5.56 Å². The lowest BCUT2D eigenvalue weighted by Gasteiger charge is -2.08. The molecule has 0 unspecified atom stereocenters. The van der Waals surface area contributed by atoms with Gasteiger partial charge in [0.1, 0.15) is 5.84 Å². The average Bonchev–Trinajstić information content (AvgIpc) is 2.51. The number of benzene rings is 1. The maximum absolute atomic E-state index is 11.8. The van der Waals surface area contributed by atoms with Crippen LogP contribution in [0.2, 0.25) is 0 Å². The fourth-order valence-electron chi connectivity index (χ4n) is 1.94. The quantitative estimate of drug-likeness (QED) is 0.482. The zero-order chi connectivity index (χ0) is 16.1. The predicted molar refractivity (Wildman–Crippen MR) is 83.5 cm³/mol. The lowest BCUT2D eigenvalue weighted by atomic mass is 10.1. The van der Waals surface area contributed by atoms with Crippen molar-refractivity contribution in [3.63, 3.8) is 0 Å². The van der Waals surface area contributed by atoms with Gasteiger partial charge in [0, 0.05) is 26.6 Å². The summed E-state index contributed by atoms with van der Waals surface area (Å²) >= 11 is 0. The van der Waals surface area contributed by atoms with E-state index >= 15 is 0 Å². The summed E-state index contributed by atoms with van der Waals surface area (Å²) in [5, 5.41) is 3.81. The number of hydrogen-bond donors (Lipinski definition) is 1. The van der Waals surface area contributed by atoms with Gasteiger partial charge in [-0.2, -0.15) is 0 Å². The summed E-state index contributed by atoms with van der Waals surface area (Å²) in [6.45, 7) is -0.00267. The average molecular weight is 302 g/mol. The summed E-state index contributed by atoms with van der Waals surface area (Å²) in [6.07, 6.45) is 0.469. The third-order valence-corrected chi connectivity index (χ3v) is 3.25. The molecule has 0 saturated carbocycles.